The van der Waals surface area contributed by atoms with Gasteiger partial charge in [-0.1, -0.05) is 0 Å². The first-order chi connectivity index (χ1) is 3.69. The third kappa shape index (κ3) is 0.621. The number of aliphatic hydroxyl groups excluding tert-OH is 1. The van der Waals surface area contributed by atoms with Gasteiger partial charge in [-0.15, -0.1) is 0 Å². The van der Waals surface area contributed by atoms with Crippen molar-refractivity contribution in [3.8, 4) is 0 Å². The van der Waals surface area contributed by atoms with Crippen LogP contribution in [0.2, 0.25) is 0 Å². The van der Waals surface area contributed by atoms with Crippen LogP contribution in [0.15, 0.2) is 0 Å². The van der Waals surface area contributed by atoms with E-state index in [9.17, 15) is 0 Å². The Labute approximate surface area is 47.6 Å². The average Bonchev–Trinajstić information content (AvgIpc) is 1.83. The summed E-state index contributed by atoms with van der Waals surface area (Å²) in [5.74, 6) is 0. The Morgan fingerprint density at radius 3 is 2.62 bits per heavy atom. The number of methoxy groups -OCH3 is 1. The predicted octanol–water partition coefficient (Wildman–Crippen LogP) is -1.79. The summed E-state index contributed by atoms with van der Waals surface area (Å²) in [7, 11) is 1.48. The van der Waals surface area contributed by atoms with Crippen LogP contribution >= 0.6 is 0 Å². The molecule has 0 aromatic rings. The monoisotopic (exact) mass is 118 g/mol. The summed E-state index contributed by atoms with van der Waals surface area (Å²) in [5, 5.41) is 11.5. The lowest BCUT2D eigenvalue weighted by molar-refractivity contribution is -0.167. The fraction of sp³-hybridized carbons (Fsp3) is 1.00. The lowest BCUT2D eigenvalue weighted by Gasteiger charge is -2.42. The highest BCUT2D eigenvalue weighted by Crippen LogP contribution is 2.12. The standard InChI is InChI=1S/C4H10N2O2/c1-8-4(5)2-6-3(4)7/h3,6-7H,2,5H2,1H3. The van der Waals surface area contributed by atoms with Crippen molar-refractivity contribution in [1.29, 1.82) is 0 Å². The molecule has 0 aromatic heterocycles. The fourth-order valence-corrected chi connectivity index (χ4v) is 0.578. The van der Waals surface area contributed by atoms with Gasteiger partial charge in [0.15, 0.2) is 5.72 Å². The number of hydrogen-bond acceptors (Lipinski definition) is 4. The predicted molar refractivity (Wildman–Crippen MR) is 27.9 cm³/mol. The molecule has 0 bridgehead atoms. The maximum Gasteiger partial charge on any atom is 0.168 e. The molecule has 0 amide bonds. The minimum absolute atomic E-state index is 0.519. The lowest BCUT2D eigenvalue weighted by Crippen LogP contribution is -2.74. The molecule has 1 heterocycles. The molecule has 0 spiro atoms. The van der Waals surface area contributed by atoms with Crippen LogP contribution in [0, 0.1) is 0 Å². The van der Waals surface area contributed by atoms with Crippen molar-refractivity contribution in [2.45, 2.75) is 12.0 Å². The Kier molecular flexibility index (Phi) is 1.24. The second-order valence-electron chi connectivity index (χ2n) is 1.94. The number of ether oxygens (including phenoxy) is 1. The number of rotatable bonds is 1. The van der Waals surface area contributed by atoms with E-state index in [1.807, 2.05) is 0 Å². The third-order valence-electron chi connectivity index (χ3n) is 1.41. The molecule has 48 valence electrons. The first-order valence-corrected chi connectivity index (χ1v) is 2.44. The summed E-state index contributed by atoms with van der Waals surface area (Å²) >= 11 is 0. The molecule has 1 fully saturated rings. The molecule has 8 heavy (non-hydrogen) atoms. The van der Waals surface area contributed by atoms with Crippen molar-refractivity contribution in [1.82, 2.24) is 5.32 Å². The Bertz CT molecular complexity index is 94.0. The van der Waals surface area contributed by atoms with Crippen LogP contribution in [0.3, 0.4) is 0 Å². The minimum atomic E-state index is -0.833. The Balaban J connectivity index is 2.42. The summed E-state index contributed by atoms with van der Waals surface area (Å²) in [5.41, 5.74) is 4.58. The highest BCUT2D eigenvalue weighted by molar-refractivity contribution is 4.92. The quantitative estimate of drug-likeness (QED) is 0.356. The van der Waals surface area contributed by atoms with Gasteiger partial charge >= 0.3 is 0 Å². The second-order valence-corrected chi connectivity index (χ2v) is 1.94. The molecular formula is C4H10N2O2. The van der Waals surface area contributed by atoms with Gasteiger partial charge in [-0.2, -0.15) is 0 Å². The van der Waals surface area contributed by atoms with Crippen molar-refractivity contribution >= 4 is 0 Å². The highest BCUT2D eigenvalue weighted by atomic mass is 16.5. The summed E-state index contributed by atoms with van der Waals surface area (Å²) in [6, 6.07) is 0. The molecule has 0 radical (unpaired) electrons. The molecule has 1 aliphatic heterocycles. The second kappa shape index (κ2) is 1.66. The summed E-state index contributed by atoms with van der Waals surface area (Å²) in [6.45, 7) is 0.519. The van der Waals surface area contributed by atoms with Gasteiger partial charge in [0.05, 0.1) is 0 Å². The van der Waals surface area contributed by atoms with E-state index >= 15 is 0 Å². The summed E-state index contributed by atoms with van der Waals surface area (Å²) in [4.78, 5) is 0. The van der Waals surface area contributed by atoms with Gasteiger partial charge in [0, 0.05) is 13.7 Å². The van der Waals surface area contributed by atoms with Gasteiger partial charge in [-0.3, -0.25) is 11.1 Å². The Morgan fingerprint density at radius 1 is 2.00 bits per heavy atom. The van der Waals surface area contributed by atoms with E-state index in [1.165, 1.54) is 7.11 Å². The topological polar surface area (TPSA) is 67.5 Å². The van der Waals surface area contributed by atoms with Crippen LogP contribution in [0.25, 0.3) is 0 Å². The van der Waals surface area contributed by atoms with Crippen molar-refractivity contribution in [2.24, 2.45) is 5.73 Å². The number of aliphatic hydroxyl groups is 1. The maximum absolute atomic E-state index is 8.81. The zero-order valence-corrected chi connectivity index (χ0v) is 4.72. The van der Waals surface area contributed by atoms with Crippen LogP contribution < -0.4 is 11.1 Å². The Hall–Kier alpha value is -0.160. The molecule has 4 N–H and O–H groups in total. The van der Waals surface area contributed by atoms with Crippen molar-refractivity contribution in [2.75, 3.05) is 13.7 Å². The highest BCUT2D eigenvalue weighted by Gasteiger charge is 2.42. The zero-order valence-electron chi connectivity index (χ0n) is 4.72. The molecular weight excluding hydrogens is 108 g/mol. The van der Waals surface area contributed by atoms with Gasteiger partial charge in [-0.25, -0.2) is 0 Å². The van der Waals surface area contributed by atoms with Gasteiger partial charge < -0.3 is 9.84 Å². The lowest BCUT2D eigenvalue weighted by atomic mass is 10.1. The van der Waals surface area contributed by atoms with E-state index in [1.54, 1.807) is 0 Å². The fourth-order valence-electron chi connectivity index (χ4n) is 0.578. The molecule has 2 atom stereocenters. The smallest absolute Gasteiger partial charge is 0.168 e. The van der Waals surface area contributed by atoms with E-state index in [2.05, 4.69) is 5.32 Å². The van der Waals surface area contributed by atoms with Crippen molar-refractivity contribution in [3.63, 3.8) is 0 Å². The number of hydrogen-bond donors (Lipinski definition) is 3. The number of nitrogens with one attached hydrogen (secondary N) is 1. The molecule has 0 aromatic carbocycles. The SMILES string of the molecule is COC1(N)CNC1O. The minimum Gasteiger partial charge on any atom is -0.374 e. The first kappa shape index (κ1) is 5.97. The molecule has 4 nitrogen and oxygen atoms in total. The zero-order chi connectivity index (χ0) is 6.20. The maximum atomic E-state index is 8.81. The van der Waals surface area contributed by atoms with Crippen molar-refractivity contribution < 1.29 is 9.84 Å². The van der Waals surface area contributed by atoms with E-state index in [4.69, 9.17) is 15.6 Å². The molecule has 1 aliphatic rings. The normalized spacial score (nSPS) is 46.1. The molecule has 0 saturated carbocycles. The summed E-state index contributed by atoms with van der Waals surface area (Å²) in [6.07, 6.45) is -0.701. The van der Waals surface area contributed by atoms with E-state index in [0.717, 1.165) is 0 Å². The van der Waals surface area contributed by atoms with Crippen LogP contribution in [0.1, 0.15) is 0 Å². The molecule has 1 saturated heterocycles. The number of nitrogens with two attached hydrogens (primary N) is 1. The average molecular weight is 118 g/mol. The van der Waals surface area contributed by atoms with E-state index in [0.29, 0.717) is 6.54 Å². The molecule has 4 heteroatoms. The largest absolute Gasteiger partial charge is 0.374 e. The van der Waals surface area contributed by atoms with Gasteiger partial charge in [0.2, 0.25) is 0 Å². The van der Waals surface area contributed by atoms with E-state index < -0.39 is 12.0 Å². The van der Waals surface area contributed by atoms with Gasteiger partial charge in [0.25, 0.3) is 0 Å². The third-order valence-corrected chi connectivity index (χ3v) is 1.41. The van der Waals surface area contributed by atoms with E-state index in [-0.39, 0.29) is 0 Å². The van der Waals surface area contributed by atoms with Crippen molar-refractivity contribution in [3.05, 3.63) is 0 Å². The molecule has 0 aliphatic carbocycles. The molecule has 2 unspecified atom stereocenters. The summed E-state index contributed by atoms with van der Waals surface area (Å²) < 4.78 is 4.75. The van der Waals surface area contributed by atoms with Crippen LogP contribution in [-0.2, 0) is 4.74 Å². The Morgan fingerprint density at radius 2 is 2.62 bits per heavy atom. The van der Waals surface area contributed by atoms with Crippen LogP contribution in [-0.4, -0.2) is 30.7 Å². The van der Waals surface area contributed by atoms with Crippen LogP contribution in [0.4, 0.5) is 0 Å². The van der Waals surface area contributed by atoms with Gasteiger partial charge in [0.1, 0.15) is 6.23 Å². The first-order valence-electron chi connectivity index (χ1n) is 2.44. The van der Waals surface area contributed by atoms with Gasteiger partial charge in [-0.05, 0) is 0 Å². The van der Waals surface area contributed by atoms with Crippen LogP contribution in [0.5, 0.6) is 0 Å². The molecule has 1 rings (SSSR count).